The van der Waals surface area contributed by atoms with Crippen molar-refractivity contribution in [2.24, 2.45) is 0 Å². The third-order valence-electron chi connectivity index (χ3n) is 2.85. The molecule has 0 aliphatic rings. The summed E-state index contributed by atoms with van der Waals surface area (Å²) in [7, 11) is 1.60. The van der Waals surface area contributed by atoms with Crippen LogP contribution in [0.15, 0.2) is 48.7 Å². The number of ether oxygens (including phenoxy) is 2. The summed E-state index contributed by atoms with van der Waals surface area (Å²) in [5.74, 6) is 1.37. The highest BCUT2D eigenvalue weighted by atomic mass is 16.5. The zero-order valence-corrected chi connectivity index (χ0v) is 11.7. The molecule has 0 aliphatic heterocycles. The van der Waals surface area contributed by atoms with E-state index in [4.69, 9.17) is 9.47 Å². The summed E-state index contributed by atoms with van der Waals surface area (Å²) in [6, 6.07) is 14.0. The molecule has 1 heterocycles. The molecule has 0 fully saturated rings. The van der Waals surface area contributed by atoms with Crippen molar-refractivity contribution >= 4 is 0 Å². The largest absolute Gasteiger partial charge is 0.493 e. The maximum absolute atomic E-state index is 5.64. The zero-order valence-electron chi connectivity index (χ0n) is 11.7. The van der Waals surface area contributed by atoms with Crippen molar-refractivity contribution in [1.82, 2.24) is 10.3 Å². The molecule has 2 aromatic rings. The molecule has 0 bridgehead atoms. The third-order valence-corrected chi connectivity index (χ3v) is 2.85. The van der Waals surface area contributed by atoms with Gasteiger partial charge >= 0.3 is 0 Å². The highest BCUT2D eigenvalue weighted by Gasteiger charge is 1.97. The van der Waals surface area contributed by atoms with E-state index in [1.165, 1.54) is 5.56 Å². The number of pyridine rings is 1. The van der Waals surface area contributed by atoms with Crippen LogP contribution in [0.3, 0.4) is 0 Å². The van der Waals surface area contributed by atoms with Crippen molar-refractivity contribution < 1.29 is 9.47 Å². The molecule has 0 aliphatic carbocycles. The number of hydrogen-bond acceptors (Lipinski definition) is 4. The summed E-state index contributed by atoms with van der Waals surface area (Å²) in [6.07, 6.45) is 2.64. The Balaban J connectivity index is 1.59. The smallest absolute Gasteiger partial charge is 0.216 e. The monoisotopic (exact) mass is 272 g/mol. The number of nitrogens with one attached hydrogen (secondary N) is 1. The van der Waals surface area contributed by atoms with Crippen LogP contribution in [0.4, 0.5) is 0 Å². The minimum absolute atomic E-state index is 0.574. The lowest BCUT2D eigenvalue weighted by Gasteiger charge is -2.08. The molecule has 0 amide bonds. The highest BCUT2D eigenvalue weighted by Crippen LogP contribution is 2.15. The maximum atomic E-state index is 5.64. The van der Waals surface area contributed by atoms with Gasteiger partial charge in [0.1, 0.15) is 5.75 Å². The summed E-state index contributed by atoms with van der Waals surface area (Å²) in [5, 5.41) is 3.39. The second-order valence-corrected chi connectivity index (χ2v) is 4.40. The van der Waals surface area contributed by atoms with E-state index in [0.29, 0.717) is 12.5 Å². The van der Waals surface area contributed by atoms with Crippen molar-refractivity contribution in [3.05, 3.63) is 54.2 Å². The van der Waals surface area contributed by atoms with E-state index >= 15 is 0 Å². The van der Waals surface area contributed by atoms with Gasteiger partial charge in [0.2, 0.25) is 5.88 Å². The highest BCUT2D eigenvalue weighted by molar-refractivity contribution is 5.25. The molecule has 0 radical (unpaired) electrons. The normalized spacial score (nSPS) is 10.2. The number of hydrogen-bond donors (Lipinski definition) is 1. The van der Waals surface area contributed by atoms with Crippen LogP contribution >= 0.6 is 0 Å². The van der Waals surface area contributed by atoms with Gasteiger partial charge in [0.15, 0.2) is 0 Å². The summed E-state index contributed by atoms with van der Waals surface area (Å²) in [4.78, 5) is 4.03. The predicted molar refractivity (Wildman–Crippen MR) is 79.0 cm³/mol. The van der Waals surface area contributed by atoms with Crippen molar-refractivity contribution in [3.63, 3.8) is 0 Å². The van der Waals surface area contributed by atoms with Gasteiger partial charge in [-0.05, 0) is 24.6 Å². The Morgan fingerprint density at radius 1 is 1.15 bits per heavy atom. The van der Waals surface area contributed by atoms with Gasteiger partial charge in [0.05, 0.1) is 13.7 Å². The molecular weight excluding hydrogens is 252 g/mol. The Labute approximate surface area is 119 Å². The van der Waals surface area contributed by atoms with E-state index in [0.717, 1.165) is 25.3 Å². The van der Waals surface area contributed by atoms with Gasteiger partial charge in [0.25, 0.3) is 0 Å². The standard InChI is InChI=1S/C16H20N2O2/c1-19-16-12-15(8-10-18-16)20-11-5-9-17-13-14-6-3-2-4-7-14/h2-4,6-8,10,12,17H,5,9,11,13H2,1H3. The van der Waals surface area contributed by atoms with Gasteiger partial charge in [-0.15, -0.1) is 0 Å². The molecule has 0 saturated heterocycles. The first-order valence-electron chi connectivity index (χ1n) is 6.76. The van der Waals surface area contributed by atoms with E-state index in [1.54, 1.807) is 19.4 Å². The van der Waals surface area contributed by atoms with Gasteiger partial charge < -0.3 is 14.8 Å². The maximum Gasteiger partial charge on any atom is 0.216 e. The van der Waals surface area contributed by atoms with Crippen LogP contribution in [0.2, 0.25) is 0 Å². The van der Waals surface area contributed by atoms with Gasteiger partial charge in [-0.3, -0.25) is 0 Å². The summed E-state index contributed by atoms with van der Waals surface area (Å²) < 4.78 is 10.7. The quantitative estimate of drug-likeness (QED) is 0.750. The topological polar surface area (TPSA) is 43.4 Å². The molecule has 4 heteroatoms. The Morgan fingerprint density at radius 2 is 2.00 bits per heavy atom. The Hall–Kier alpha value is -2.07. The molecule has 1 aromatic carbocycles. The zero-order chi connectivity index (χ0) is 14.0. The average molecular weight is 272 g/mol. The Bertz CT molecular complexity index is 503. The lowest BCUT2D eigenvalue weighted by Crippen LogP contribution is -2.16. The second-order valence-electron chi connectivity index (χ2n) is 4.40. The van der Waals surface area contributed by atoms with E-state index < -0.39 is 0 Å². The van der Waals surface area contributed by atoms with Gasteiger partial charge in [-0.2, -0.15) is 0 Å². The fourth-order valence-electron chi connectivity index (χ4n) is 1.81. The van der Waals surface area contributed by atoms with Crippen LogP contribution in [0, 0.1) is 0 Å². The second kappa shape index (κ2) is 8.17. The predicted octanol–water partition coefficient (Wildman–Crippen LogP) is 2.65. The Morgan fingerprint density at radius 3 is 2.80 bits per heavy atom. The molecule has 2 rings (SSSR count). The molecule has 1 aromatic heterocycles. The number of rotatable bonds is 8. The summed E-state index contributed by atoms with van der Waals surface area (Å²) >= 11 is 0. The lowest BCUT2D eigenvalue weighted by molar-refractivity contribution is 0.304. The van der Waals surface area contributed by atoms with Crippen LogP contribution < -0.4 is 14.8 Å². The number of benzene rings is 1. The summed E-state index contributed by atoms with van der Waals surface area (Å²) in [6.45, 7) is 2.50. The minimum atomic E-state index is 0.574. The van der Waals surface area contributed by atoms with Crippen LogP contribution in [0.1, 0.15) is 12.0 Å². The van der Waals surface area contributed by atoms with Gasteiger partial charge in [0, 0.05) is 18.8 Å². The van der Waals surface area contributed by atoms with Gasteiger partial charge in [-0.1, -0.05) is 30.3 Å². The van der Waals surface area contributed by atoms with Crippen LogP contribution in [0.25, 0.3) is 0 Å². The van der Waals surface area contributed by atoms with E-state index in [2.05, 4.69) is 34.6 Å². The lowest BCUT2D eigenvalue weighted by atomic mass is 10.2. The van der Waals surface area contributed by atoms with E-state index in [1.807, 2.05) is 12.1 Å². The van der Waals surface area contributed by atoms with Crippen LogP contribution in [-0.4, -0.2) is 25.2 Å². The number of aromatic nitrogens is 1. The fraction of sp³-hybridized carbons (Fsp3) is 0.312. The van der Waals surface area contributed by atoms with Crippen molar-refractivity contribution in [2.75, 3.05) is 20.3 Å². The molecule has 0 unspecified atom stereocenters. The molecule has 20 heavy (non-hydrogen) atoms. The number of methoxy groups -OCH3 is 1. The first-order chi connectivity index (χ1) is 9.88. The van der Waals surface area contributed by atoms with Gasteiger partial charge in [-0.25, -0.2) is 4.98 Å². The molecule has 1 N–H and O–H groups in total. The van der Waals surface area contributed by atoms with Crippen molar-refractivity contribution in [3.8, 4) is 11.6 Å². The fourth-order valence-corrected chi connectivity index (χ4v) is 1.81. The number of nitrogens with zero attached hydrogens (tertiary/aromatic N) is 1. The first kappa shape index (κ1) is 14.3. The van der Waals surface area contributed by atoms with Crippen molar-refractivity contribution in [1.29, 1.82) is 0 Å². The van der Waals surface area contributed by atoms with Crippen LogP contribution in [-0.2, 0) is 6.54 Å². The molecule has 106 valence electrons. The molecule has 0 saturated carbocycles. The molecular formula is C16H20N2O2. The average Bonchev–Trinajstić information content (AvgIpc) is 2.52. The van der Waals surface area contributed by atoms with Crippen molar-refractivity contribution in [2.45, 2.75) is 13.0 Å². The Kier molecular flexibility index (Phi) is 5.86. The molecule has 0 atom stereocenters. The van der Waals surface area contributed by atoms with E-state index in [-0.39, 0.29) is 0 Å². The van der Waals surface area contributed by atoms with E-state index in [9.17, 15) is 0 Å². The first-order valence-corrected chi connectivity index (χ1v) is 6.76. The SMILES string of the molecule is COc1cc(OCCCNCc2ccccc2)ccn1. The summed E-state index contributed by atoms with van der Waals surface area (Å²) in [5.41, 5.74) is 1.30. The molecule has 0 spiro atoms. The third kappa shape index (κ3) is 4.90. The van der Waals surface area contributed by atoms with Crippen LogP contribution in [0.5, 0.6) is 11.6 Å². The minimum Gasteiger partial charge on any atom is -0.493 e. The molecule has 4 nitrogen and oxygen atoms in total.